The van der Waals surface area contributed by atoms with Crippen molar-refractivity contribution in [2.75, 3.05) is 0 Å². The van der Waals surface area contributed by atoms with Gasteiger partial charge in [-0.1, -0.05) is 114 Å². The van der Waals surface area contributed by atoms with Crippen LogP contribution < -0.4 is 5.32 Å². The van der Waals surface area contributed by atoms with Gasteiger partial charge in [0.2, 0.25) is 5.91 Å². The average molecular weight is 416 g/mol. The topological polar surface area (TPSA) is 66.4 Å². The molecule has 0 saturated carbocycles. The Morgan fingerprint density at radius 2 is 1.33 bits per heavy atom. The first-order chi connectivity index (χ1) is 14.5. The maximum Gasteiger partial charge on any atom is 0.326 e. The van der Waals surface area contributed by atoms with E-state index in [9.17, 15) is 9.59 Å². The Morgan fingerprint density at radius 3 is 1.90 bits per heavy atom. The van der Waals surface area contributed by atoms with Crippen molar-refractivity contribution in [3.05, 3.63) is 60.8 Å². The number of nitrogens with one attached hydrogen (secondary N) is 1. The van der Waals surface area contributed by atoms with Crippen molar-refractivity contribution in [3.8, 4) is 0 Å². The van der Waals surface area contributed by atoms with Gasteiger partial charge < -0.3 is 10.4 Å². The Balaban J connectivity index is 3.93. The largest absolute Gasteiger partial charge is 0.480 e. The highest BCUT2D eigenvalue weighted by Crippen LogP contribution is 2.08. The van der Waals surface area contributed by atoms with Gasteiger partial charge in [0.05, 0.1) is 0 Å². The lowest BCUT2D eigenvalue weighted by Gasteiger charge is -2.15. The maximum atomic E-state index is 11.8. The summed E-state index contributed by atoms with van der Waals surface area (Å²) >= 11 is 0. The molecule has 0 rings (SSSR count). The molecular formula is C26H41NO3. The molecule has 0 aromatic rings. The number of hydrogen-bond donors (Lipinski definition) is 2. The summed E-state index contributed by atoms with van der Waals surface area (Å²) < 4.78 is 0. The molecule has 1 atom stereocenters. The van der Waals surface area contributed by atoms with Gasteiger partial charge >= 0.3 is 5.97 Å². The van der Waals surface area contributed by atoms with Crippen LogP contribution in [0.3, 0.4) is 0 Å². The van der Waals surface area contributed by atoms with Gasteiger partial charge in [-0.15, -0.1) is 0 Å². The number of carbonyl (C=O) groups is 2. The summed E-state index contributed by atoms with van der Waals surface area (Å²) in [7, 11) is 0. The second kappa shape index (κ2) is 19.9. The molecule has 0 saturated heterocycles. The normalized spacial score (nSPS) is 13.6. The standard InChI is InChI=1S/C26H41NO3/c1-4-5-6-7-8-9-10-11-12-13-14-15-16-17-18-19-20-21-25(28)27-24(26(29)30)22-23(2)3/h12-21,23-24H,4-11,22H2,1-3H3,(H,27,28)(H,29,30)/t24-/m0/s1. The van der Waals surface area contributed by atoms with Crippen LogP contribution in [0.4, 0.5) is 0 Å². The van der Waals surface area contributed by atoms with E-state index < -0.39 is 17.9 Å². The number of carboxylic acids is 1. The zero-order chi connectivity index (χ0) is 22.5. The van der Waals surface area contributed by atoms with Crippen LogP contribution >= 0.6 is 0 Å². The third-order valence-corrected chi connectivity index (χ3v) is 4.46. The maximum absolute atomic E-state index is 11.8. The number of amides is 1. The minimum Gasteiger partial charge on any atom is -0.480 e. The molecule has 0 aromatic carbocycles. The zero-order valence-corrected chi connectivity index (χ0v) is 19.1. The molecule has 1 amide bonds. The monoisotopic (exact) mass is 415 g/mol. The lowest BCUT2D eigenvalue weighted by atomic mass is 10.0. The van der Waals surface area contributed by atoms with Gasteiger partial charge in [-0.3, -0.25) is 4.79 Å². The minimum absolute atomic E-state index is 0.198. The first-order valence-corrected chi connectivity index (χ1v) is 11.3. The van der Waals surface area contributed by atoms with Crippen molar-refractivity contribution in [2.45, 2.75) is 84.6 Å². The lowest BCUT2D eigenvalue weighted by molar-refractivity contribution is -0.141. The highest BCUT2D eigenvalue weighted by molar-refractivity contribution is 5.91. The van der Waals surface area contributed by atoms with Crippen LogP contribution in [0, 0.1) is 5.92 Å². The van der Waals surface area contributed by atoms with Crippen molar-refractivity contribution < 1.29 is 14.7 Å². The fourth-order valence-corrected chi connectivity index (χ4v) is 2.83. The molecule has 0 aliphatic rings. The van der Waals surface area contributed by atoms with Gasteiger partial charge in [-0.25, -0.2) is 4.79 Å². The third kappa shape index (κ3) is 19.0. The van der Waals surface area contributed by atoms with Crippen molar-refractivity contribution in [1.82, 2.24) is 5.32 Å². The number of aliphatic carboxylic acids is 1. The number of unbranched alkanes of at least 4 members (excludes halogenated alkanes) is 7. The molecule has 4 nitrogen and oxygen atoms in total. The van der Waals surface area contributed by atoms with E-state index in [1.165, 1.54) is 51.0 Å². The minimum atomic E-state index is -1.01. The van der Waals surface area contributed by atoms with Crippen molar-refractivity contribution >= 4 is 11.9 Å². The van der Waals surface area contributed by atoms with Gasteiger partial charge in [0.15, 0.2) is 0 Å². The molecule has 0 aliphatic heterocycles. The van der Waals surface area contributed by atoms with Crippen LogP contribution in [0.1, 0.15) is 78.6 Å². The zero-order valence-electron chi connectivity index (χ0n) is 19.1. The number of allylic oxidation sites excluding steroid dienone is 9. The summed E-state index contributed by atoms with van der Waals surface area (Å²) in [5.41, 5.74) is 0. The van der Waals surface area contributed by atoms with Crippen LogP contribution in [0.15, 0.2) is 60.8 Å². The smallest absolute Gasteiger partial charge is 0.326 e. The predicted molar refractivity (Wildman–Crippen MR) is 127 cm³/mol. The number of rotatable bonds is 17. The Bertz CT molecular complexity index is 597. The molecule has 0 spiro atoms. The average Bonchev–Trinajstić information content (AvgIpc) is 2.69. The number of hydrogen-bond acceptors (Lipinski definition) is 2. The van der Waals surface area contributed by atoms with Gasteiger partial charge in [0.1, 0.15) is 6.04 Å². The molecule has 4 heteroatoms. The number of carboxylic acid groups (broad SMARTS) is 1. The molecule has 0 bridgehead atoms. The first kappa shape index (κ1) is 27.6. The van der Waals surface area contributed by atoms with E-state index in [1.807, 2.05) is 44.2 Å². The Hall–Kier alpha value is -2.36. The molecule has 0 aromatic heterocycles. The van der Waals surface area contributed by atoms with Crippen molar-refractivity contribution in [3.63, 3.8) is 0 Å². The summed E-state index contributed by atoms with van der Waals surface area (Å²) in [6.45, 7) is 6.10. The highest BCUT2D eigenvalue weighted by Gasteiger charge is 2.19. The lowest BCUT2D eigenvalue weighted by Crippen LogP contribution is -2.40. The Kier molecular flexibility index (Phi) is 18.4. The second-order valence-corrected chi connectivity index (χ2v) is 7.88. The Morgan fingerprint density at radius 1 is 0.800 bits per heavy atom. The molecule has 0 unspecified atom stereocenters. The summed E-state index contributed by atoms with van der Waals surface area (Å²) in [5.74, 6) is -1.21. The second-order valence-electron chi connectivity index (χ2n) is 7.88. The Labute approximate surface area is 183 Å². The first-order valence-electron chi connectivity index (χ1n) is 11.3. The molecule has 2 N–H and O–H groups in total. The molecule has 0 heterocycles. The summed E-state index contributed by atoms with van der Waals surface area (Å²) in [5, 5.41) is 11.6. The molecule has 0 fully saturated rings. The summed E-state index contributed by atoms with van der Waals surface area (Å²) in [6.07, 6.45) is 29.4. The highest BCUT2D eigenvalue weighted by atomic mass is 16.4. The fraction of sp³-hybridized carbons (Fsp3) is 0.538. The quantitative estimate of drug-likeness (QED) is 0.161. The molecule has 0 aliphatic carbocycles. The van der Waals surface area contributed by atoms with E-state index in [2.05, 4.69) is 24.4 Å². The van der Waals surface area contributed by atoms with E-state index in [4.69, 9.17) is 5.11 Å². The molecule has 168 valence electrons. The van der Waals surface area contributed by atoms with E-state index in [1.54, 1.807) is 12.2 Å². The molecular weight excluding hydrogens is 374 g/mol. The van der Waals surface area contributed by atoms with Gasteiger partial charge in [-0.05, 0) is 25.2 Å². The van der Waals surface area contributed by atoms with Crippen LogP contribution in [0.25, 0.3) is 0 Å². The van der Waals surface area contributed by atoms with Crippen LogP contribution in [0.2, 0.25) is 0 Å². The van der Waals surface area contributed by atoms with Gasteiger partial charge in [0.25, 0.3) is 0 Å². The van der Waals surface area contributed by atoms with Crippen molar-refractivity contribution in [2.24, 2.45) is 5.92 Å². The molecule has 0 radical (unpaired) electrons. The van der Waals surface area contributed by atoms with Crippen LogP contribution in [-0.4, -0.2) is 23.0 Å². The SMILES string of the molecule is CCCCCCCCCC=CC=CC=CC=CC=CC(=O)N[C@@H](CC(C)C)C(=O)O. The van der Waals surface area contributed by atoms with Gasteiger partial charge in [-0.2, -0.15) is 0 Å². The number of carbonyl (C=O) groups excluding carboxylic acids is 1. The third-order valence-electron chi connectivity index (χ3n) is 4.46. The predicted octanol–water partition coefficient (Wildman–Crippen LogP) is 6.52. The van der Waals surface area contributed by atoms with E-state index in [0.29, 0.717) is 6.42 Å². The van der Waals surface area contributed by atoms with E-state index >= 15 is 0 Å². The fourth-order valence-electron chi connectivity index (χ4n) is 2.83. The summed E-state index contributed by atoms with van der Waals surface area (Å²) in [6, 6.07) is -0.852. The summed E-state index contributed by atoms with van der Waals surface area (Å²) in [4.78, 5) is 22.9. The van der Waals surface area contributed by atoms with Crippen LogP contribution in [-0.2, 0) is 9.59 Å². The van der Waals surface area contributed by atoms with E-state index in [-0.39, 0.29) is 5.92 Å². The van der Waals surface area contributed by atoms with Crippen LogP contribution in [0.5, 0.6) is 0 Å². The van der Waals surface area contributed by atoms with E-state index in [0.717, 1.165) is 6.42 Å². The van der Waals surface area contributed by atoms with Crippen molar-refractivity contribution in [1.29, 1.82) is 0 Å². The molecule has 30 heavy (non-hydrogen) atoms. The van der Waals surface area contributed by atoms with Gasteiger partial charge in [0, 0.05) is 6.08 Å².